The summed E-state index contributed by atoms with van der Waals surface area (Å²) in [5.74, 6) is -2.26. The Labute approximate surface area is 218 Å². The van der Waals surface area contributed by atoms with E-state index < -0.39 is 17.9 Å². The third kappa shape index (κ3) is 27.5. The summed E-state index contributed by atoms with van der Waals surface area (Å²) in [5.41, 5.74) is 0. The first-order valence-corrected chi connectivity index (χ1v) is 11.8. The Balaban J connectivity index is -0.000000110. The Morgan fingerprint density at radius 2 is 0.688 bits per heavy atom. The zero-order valence-electron chi connectivity index (χ0n) is 21.1. The molecule has 0 aliphatic carbocycles. The number of carboxylic acid groups (broad SMARTS) is 3. The van der Waals surface area contributed by atoms with E-state index in [1.807, 2.05) is 20.8 Å². The first-order valence-electron chi connectivity index (χ1n) is 11.8. The standard InChI is InChI=1S/3C8H16O2.2Cr/c3*1-3-5-6-7(4-2)8(9)10;;/h3*7H,3-6H2,1-2H3,(H,9,10);;. The number of hydrogen-bond acceptors (Lipinski definition) is 3. The van der Waals surface area contributed by atoms with Crippen molar-refractivity contribution < 1.29 is 64.4 Å². The summed E-state index contributed by atoms with van der Waals surface area (Å²) in [4.78, 5) is 31.3. The fraction of sp³-hybridized carbons (Fsp3) is 0.875. The van der Waals surface area contributed by atoms with Crippen LogP contribution in [0.2, 0.25) is 0 Å². The van der Waals surface area contributed by atoms with Crippen molar-refractivity contribution in [3.63, 3.8) is 0 Å². The molecule has 0 aliphatic rings. The molecular formula is C24H48Cr2O6. The van der Waals surface area contributed by atoms with Crippen molar-refractivity contribution in [1.29, 1.82) is 0 Å². The van der Waals surface area contributed by atoms with E-state index in [9.17, 15) is 14.4 Å². The molecule has 3 unspecified atom stereocenters. The van der Waals surface area contributed by atoms with E-state index in [0.29, 0.717) is 0 Å². The molecule has 0 aliphatic heterocycles. The first kappa shape index (κ1) is 41.7. The van der Waals surface area contributed by atoms with Crippen LogP contribution in [0.15, 0.2) is 0 Å². The average molecular weight is 537 g/mol. The molecule has 0 amide bonds. The third-order valence-electron chi connectivity index (χ3n) is 5.24. The maximum atomic E-state index is 10.4. The van der Waals surface area contributed by atoms with Gasteiger partial charge in [0.2, 0.25) is 0 Å². The van der Waals surface area contributed by atoms with Crippen molar-refractivity contribution in [2.75, 3.05) is 0 Å². The zero-order valence-corrected chi connectivity index (χ0v) is 23.7. The summed E-state index contributed by atoms with van der Waals surface area (Å²) in [6.45, 7) is 12.0. The molecule has 3 N–H and O–H groups in total. The van der Waals surface area contributed by atoms with Gasteiger partial charge in [0, 0.05) is 34.7 Å². The van der Waals surface area contributed by atoms with E-state index in [1.54, 1.807) is 0 Å². The summed E-state index contributed by atoms with van der Waals surface area (Å²) in [7, 11) is 0. The molecule has 8 heteroatoms. The molecule has 0 heterocycles. The minimum Gasteiger partial charge on any atom is -0.481 e. The summed E-state index contributed by atoms with van der Waals surface area (Å²) in [5, 5.41) is 25.8. The van der Waals surface area contributed by atoms with Gasteiger partial charge in [-0.25, -0.2) is 0 Å². The number of rotatable bonds is 15. The van der Waals surface area contributed by atoms with Crippen LogP contribution in [0.3, 0.4) is 0 Å². The molecule has 0 spiro atoms. The Hall–Kier alpha value is -0.525. The number of carboxylic acids is 3. The molecule has 3 atom stereocenters. The molecule has 0 aromatic heterocycles. The summed E-state index contributed by atoms with van der Waals surface area (Å²) < 4.78 is 0. The molecule has 0 bridgehead atoms. The van der Waals surface area contributed by atoms with E-state index in [1.165, 1.54) is 0 Å². The van der Waals surface area contributed by atoms with Gasteiger partial charge in [-0.1, -0.05) is 80.1 Å². The quantitative estimate of drug-likeness (QED) is 0.211. The van der Waals surface area contributed by atoms with Crippen LogP contribution in [0, 0.1) is 17.8 Å². The maximum absolute atomic E-state index is 10.4. The first-order chi connectivity index (χ1) is 14.2. The number of carbonyl (C=O) groups is 3. The Morgan fingerprint density at radius 3 is 0.781 bits per heavy atom. The SMILES string of the molecule is CCCCC(CC)C(=O)O.CCCCC(CC)C(=O)O.CCCCC(CC)C(=O)O.[Cr].[Cr]. The summed E-state index contributed by atoms with van der Waals surface area (Å²) in [6, 6.07) is 0. The van der Waals surface area contributed by atoms with E-state index in [0.717, 1.165) is 77.0 Å². The second kappa shape index (κ2) is 30.5. The fourth-order valence-electron chi connectivity index (χ4n) is 2.86. The molecule has 32 heavy (non-hydrogen) atoms. The van der Waals surface area contributed by atoms with Gasteiger partial charge < -0.3 is 15.3 Å². The van der Waals surface area contributed by atoms with Crippen LogP contribution >= 0.6 is 0 Å². The third-order valence-corrected chi connectivity index (χ3v) is 5.24. The van der Waals surface area contributed by atoms with Crippen molar-refractivity contribution in [1.82, 2.24) is 0 Å². The Kier molecular flexibility index (Phi) is 39.7. The Morgan fingerprint density at radius 1 is 0.500 bits per heavy atom. The van der Waals surface area contributed by atoms with E-state index in [4.69, 9.17) is 15.3 Å². The maximum Gasteiger partial charge on any atom is 0.306 e. The number of hydrogen-bond donors (Lipinski definition) is 3. The van der Waals surface area contributed by atoms with Gasteiger partial charge in [0.25, 0.3) is 0 Å². The number of aliphatic carboxylic acids is 3. The second-order valence-electron chi connectivity index (χ2n) is 7.76. The molecule has 192 valence electrons. The van der Waals surface area contributed by atoms with Crippen LogP contribution in [-0.2, 0) is 49.1 Å². The molecule has 0 radical (unpaired) electrons. The van der Waals surface area contributed by atoms with Gasteiger partial charge >= 0.3 is 17.9 Å². The second-order valence-corrected chi connectivity index (χ2v) is 7.76. The van der Waals surface area contributed by atoms with Crippen LogP contribution in [0.5, 0.6) is 0 Å². The van der Waals surface area contributed by atoms with E-state index in [2.05, 4.69) is 20.8 Å². The molecule has 6 nitrogen and oxygen atoms in total. The van der Waals surface area contributed by atoms with Gasteiger partial charge in [0.15, 0.2) is 0 Å². The van der Waals surface area contributed by atoms with Crippen LogP contribution in [0.4, 0.5) is 0 Å². The van der Waals surface area contributed by atoms with Crippen LogP contribution in [-0.4, -0.2) is 33.2 Å². The van der Waals surface area contributed by atoms with Gasteiger partial charge in [-0.3, -0.25) is 14.4 Å². The largest absolute Gasteiger partial charge is 0.481 e. The van der Waals surface area contributed by atoms with Crippen molar-refractivity contribution in [2.24, 2.45) is 17.8 Å². The van der Waals surface area contributed by atoms with Crippen LogP contribution < -0.4 is 0 Å². The molecule has 0 saturated heterocycles. The van der Waals surface area contributed by atoms with E-state index >= 15 is 0 Å². The normalized spacial score (nSPS) is 12.2. The summed E-state index contributed by atoms with van der Waals surface area (Å²) in [6.07, 6.45) is 11.1. The smallest absolute Gasteiger partial charge is 0.306 e. The minimum atomic E-state index is -0.643. The minimum absolute atomic E-state index is 0. The van der Waals surface area contributed by atoms with Gasteiger partial charge in [0.05, 0.1) is 17.8 Å². The predicted octanol–water partition coefficient (Wildman–Crippen LogP) is 6.86. The monoisotopic (exact) mass is 536 g/mol. The molecule has 0 aromatic carbocycles. The van der Waals surface area contributed by atoms with Gasteiger partial charge in [-0.05, 0) is 38.5 Å². The van der Waals surface area contributed by atoms with Crippen molar-refractivity contribution in [3.05, 3.63) is 0 Å². The van der Waals surface area contributed by atoms with Gasteiger partial charge in [-0.2, -0.15) is 0 Å². The molecule has 0 fully saturated rings. The molecular weight excluding hydrogens is 488 g/mol. The van der Waals surface area contributed by atoms with Crippen LogP contribution in [0.25, 0.3) is 0 Å². The van der Waals surface area contributed by atoms with Gasteiger partial charge in [0.1, 0.15) is 0 Å². The molecule has 0 aromatic rings. The van der Waals surface area contributed by atoms with Crippen molar-refractivity contribution in [2.45, 2.75) is 119 Å². The topological polar surface area (TPSA) is 112 Å². The van der Waals surface area contributed by atoms with Crippen molar-refractivity contribution >= 4 is 17.9 Å². The van der Waals surface area contributed by atoms with Crippen LogP contribution in [0.1, 0.15) is 119 Å². The predicted molar refractivity (Wildman–Crippen MR) is 123 cm³/mol. The molecule has 0 saturated carbocycles. The summed E-state index contributed by atoms with van der Waals surface area (Å²) >= 11 is 0. The average Bonchev–Trinajstić information content (AvgIpc) is 2.70. The number of unbranched alkanes of at least 4 members (excludes halogenated alkanes) is 3. The zero-order chi connectivity index (χ0) is 23.9. The van der Waals surface area contributed by atoms with Crippen molar-refractivity contribution in [3.8, 4) is 0 Å². The van der Waals surface area contributed by atoms with Gasteiger partial charge in [-0.15, -0.1) is 0 Å². The molecule has 0 rings (SSSR count). The fourth-order valence-corrected chi connectivity index (χ4v) is 2.86. The van der Waals surface area contributed by atoms with E-state index in [-0.39, 0.29) is 52.5 Å². The Bertz CT molecular complexity index is 371.